The van der Waals surface area contributed by atoms with E-state index in [0.717, 1.165) is 16.2 Å². The second kappa shape index (κ2) is 5.56. The zero-order valence-electron chi connectivity index (χ0n) is 8.66. The van der Waals surface area contributed by atoms with E-state index in [-0.39, 0.29) is 10.6 Å². The number of hydrogen-bond acceptors (Lipinski definition) is 3. The van der Waals surface area contributed by atoms with Crippen molar-refractivity contribution in [1.82, 2.24) is 0 Å². The number of hydrogen-bond donors (Lipinski definition) is 1. The highest BCUT2D eigenvalue weighted by Gasteiger charge is 2.17. The van der Waals surface area contributed by atoms with Crippen molar-refractivity contribution in [2.24, 2.45) is 0 Å². The molecular weight excluding hydrogens is 276 g/mol. The Hall–Kier alpha value is -0.480. The number of carbonyl (C=O) groups excluding carboxylic acids is 1. The second-order valence-electron chi connectivity index (χ2n) is 3.13. The van der Waals surface area contributed by atoms with Crippen LogP contribution in [-0.2, 0) is 4.79 Å². The van der Waals surface area contributed by atoms with Crippen molar-refractivity contribution in [2.75, 3.05) is 6.61 Å². The van der Waals surface area contributed by atoms with E-state index < -0.39 is 0 Å². The third-order valence-corrected chi connectivity index (χ3v) is 3.34. The Balaban J connectivity index is 3.11. The molecule has 0 radical (unpaired) electrons. The quantitative estimate of drug-likeness (QED) is 0.679. The van der Waals surface area contributed by atoms with E-state index >= 15 is 0 Å². The lowest BCUT2D eigenvalue weighted by Crippen LogP contribution is -2.04. The molecule has 1 aromatic carbocycles. The molecule has 4 heteroatoms. The maximum atomic E-state index is 11.3. The molecule has 0 aliphatic heterocycles. The fourth-order valence-corrected chi connectivity index (χ4v) is 1.81. The van der Waals surface area contributed by atoms with Gasteiger partial charge in [-0.2, -0.15) is 0 Å². The van der Waals surface area contributed by atoms with E-state index in [4.69, 9.17) is 4.74 Å². The highest BCUT2D eigenvalue weighted by atomic mass is 79.9. The number of Topliss-reactive ketones (excluding diaryl/α,β-unsaturated/α-hetero) is 1. The molecular formula is C11H13BrO2S. The van der Waals surface area contributed by atoms with Crippen molar-refractivity contribution in [2.45, 2.75) is 23.6 Å². The van der Waals surface area contributed by atoms with Gasteiger partial charge in [0.05, 0.1) is 6.61 Å². The number of rotatable bonds is 4. The SMILES string of the molecule is CCOc1ccc(S)cc1C(Br)C(C)=O. The number of halogens is 1. The zero-order valence-corrected chi connectivity index (χ0v) is 11.1. The molecule has 2 nitrogen and oxygen atoms in total. The predicted molar refractivity (Wildman–Crippen MR) is 67.2 cm³/mol. The molecule has 0 fully saturated rings. The molecule has 0 spiro atoms. The lowest BCUT2D eigenvalue weighted by atomic mass is 10.1. The van der Waals surface area contributed by atoms with Gasteiger partial charge in [0.2, 0.25) is 0 Å². The van der Waals surface area contributed by atoms with Gasteiger partial charge >= 0.3 is 0 Å². The van der Waals surface area contributed by atoms with Crippen molar-refractivity contribution in [3.05, 3.63) is 23.8 Å². The van der Waals surface area contributed by atoms with E-state index in [2.05, 4.69) is 28.6 Å². The maximum Gasteiger partial charge on any atom is 0.147 e. The lowest BCUT2D eigenvalue weighted by molar-refractivity contribution is -0.116. The molecule has 0 aromatic heterocycles. The van der Waals surface area contributed by atoms with Gasteiger partial charge in [0, 0.05) is 10.5 Å². The number of carbonyl (C=O) groups is 1. The number of thiol groups is 1. The molecule has 0 N–H and O–H groups in total. The largest absolute Gasteiger partial charge is 0.494 e. The van der Waals surface area contributed by atoms with E-state index in [1.807, 2.05) is 25.1 Å². The van der Waals surface area contributed by atoms with Crippen LogP contribution in [0.2, 0.25) is 0 Å². The van der Waals surface area contributed by atoms with Crippen LogP contribution in [0.4, 0.5) is 0 Å². The summed E-state index contributed by atoms with van der Waals surface area (Å²) in [6.07, 6.45) is 0. The Morgan fingerprint density at radius 2 is 2.27 bits per heavy atom. The molecule has 15 heavy (non-hydrogen) atoms. The van der Waals surface area contributed by atoms with Gasteiger partial charge in [0.1, 0.15) is 16.4 Å². The van der Waals surface area contributed by atoms with Crippen LogP contribution in [0.15, 0.2) is 23.1 Å². The molecule has 1 aromatic rings. The smallest absolute Gasteiger partial charge is 0.147 e. The van der Waals surface area contributed by atoms with E-state index in [0.29, 0.717) is 6.61 Å². The Morgan fingerprint density at radius 3 is 2.80 bits per heavy atom. The van der Waals surface area contributed by atoms with Gasteiger partial charge in [-0.15, -0.1) is 12.6 Å². The first-order valence-electron chi connectivity index (χ1n) is 4.66. The van der Waals surface area contributed by atoms with Crippen LogP contribution in [-0.4, -0.2) is 12.4 Å². The summed E-state index contributed by atoms with van der Waals surface area (Å²) in [5, 5.41) is 0. The Kier molecular flexibility index (Phi) is 4.67. The Labute approximate surface area is 104 Å². The summed E-state index contributed by atoms with van der Waals surface area (Å²) < 4.78 is 5.45. The molecule has 82 valence electrons. The van der Waals surface area contributed by atoms with Gasteiger partial charge in [-0.3, -0.25) is 4.79 Å². The van der Waals surface area contributed by atoms with Crippen molar-refractivity contribution in [3.8, 4) is 5.75 Å². The molecule has 0 heterocycles. The molecule has 0 aliphatic rings. The summed E-state index contributed by atoms with van der Waals surface area (Å²) >= 11 is 7.59. The summed E-state index contributed by atoms with van der Waals surface area (Å²) in [7, 11) is 0. The number of ketones is 1. The first-order valence-corrected chi connectivity index (χ1v) is 6.02. The summed E-state index contributed by atoms with van der Waals surface area (Å²) in [5.41, 5.74) is 0.830. The van der Waals surface area contributed by atoms with Crippen LogP contribution in [0.3, 0.4) is 0 Å². The van der Waals surface area contributed by atoms with Crippen LogP contribution in [0, 0.1) is 0 Å². The minimum absolute atomic E-state index is 0.0508. The van der Waals surface area contributed by atoms with Gasteiger partial charge < -0.3 is 4.74 Å². The first kappa shape index (κ1) is 12.6. The molecule has 1 unspecified atom stereocenters. The minimum atomic E-state index is -0.328. The third kappa shape index (κ3) is 3.24. The molecule has 0 bridgehead atoms. The predicted octanol–water partition coefficient (Wildman–Crippen LogP) is 3.40. The fraction of sp³-hybridized carbons (Fsp3) is 0.364. The third-order valence-electron chi connectivity index (χ3n) is 1.92. The molecule has 0 aliphatic carbocycles. The number of ether oxygens (including phenoxy) is 1. The first-order chi connectivity index (χ1) is 7.06. The number of alkyl halides is 1. The summed E-state index contributed by atoms with van der Waals surface area (Å²) in [4.78, 5) is 11.8. The highest BCUT2D eigenvalue weighted by molar-refractivity contribution is 9.09. The monoisotopic (exact) mass is 288 g/mol. The van der Waals surface area contributed by atoms with Gasteiger partial charge in [-0.1, -0.05) is 15.9 Å². The van der Waals surface area contributed by atoms with Crippen molar-refractivity contribution < 1.29 is 9.53 Å². The average Bonchev–Trinajstić information content (AvgIpc) is 2.20. The molecule has 1 atom stereocenters. The van der Waals surface area contributed by atoms with E-state index in [1.54, 1.807) is 6.92 Å². The summed E-state index contributed by atoms with van der Waals surface area (Å²) in [5.74, 6) is 0.780. The van der Waals surface area contributed by atoms with Crippen LogP contribution >= 0.6 is 28.6 Å². The van der Waals surface area contributed by atoms with Crippen LogP contribution < -0.4 is 4.74 Å². The minimum Gasteiger partial charge on any atom is -0.494 e. The lowest BCUT2D eigenvalue weighted by Gasteiger charge is -2.13. The van der Waals surface area contributed by atoms with Gasteiger partial charge in [0.15, 0.2) is 0 Å². The molecule has 0 amide bonds. The van der Waals surface area contributed by atoms with Crippen molar-refractivity contribution >= 4 is 34.3 Å². The van der Waals surface area contributed by atoms with Crippen LogP contribution in [0.1, 0.15) is 24.2 Å². The molecule has 1 rings (SSSR count). The van der Waals surface area contributed by atoms with Crippen LogP contribution in [0.5, 0.6) is 5.75 Å². The van der Waals surface area contributed by atoms with Gasteiger partial charge in [-0.25, -0.2) is 0 Å². The van der Waals surface area contributed by atoms with Crippen molar-refractivity contribution in [3.63, 3.8) is 0 Å². The number of benzene rings is 1. The van der Waals surface area contributed by atoms with Crippen LogP contribution in [0.25, 0.3) is 0 Å². The van der Waals surface area contributed by atoms with E-state index in [1.165, 1.54) is 0 Å². The Morgan fingerprint density at radius 1 is 1.60 bits per heavy atom. The normalized spacial score (nSPS) is 12.3. The second-order valence-corrected chi connectivity index (χ2v) is 4.56. The standard InChI is InChI=1S/C11H13BrO2S/c1-3-14-10-5-4-8(15)6-9(10)11(12)7(2)13/h4-6,11,15H,3H2,1-2H3. The van der Waals surface area contributed by atoms with Gasteiger partial charge in [0.25, 0.3) is 0 Å². The maximum absolute atomic E-state index is 11.3. The van der Waals surface area contributed by atoms with Crippen molar-refractivity contribution in [1.29, 1.82) is 0 Å². The van der Waals surface area contributed by atoms with Gasteiger partial charge in [-0.05, 0) is 32.0 Å². The fourth-order valence-electron chi connectivity index (χ4n) is 1.24. The highest BCUT2D eigenvalue weighted by Crippen LogP contribution is 2.33. The topological polar surface area (TPSA) is 26.3 Å². The molecule has 0 saturated carbocycles. The molecule has 0 saturated heterocycles. The zero-order chi connectivity index (χ0) is 11.4. The average molecular weight is 289 g/mol. The van der Waals surface area contributed by atoms with E-state index in [9.17, 15) is 4.79 Å². The summed E-state index contributed by atoms with van der Waals surface area (Å²) in [6.45, 7) is 4.03. The Bertz CT molecular complexity index is 366. The summed E-state index contributed by atoms with van der Waals surface area (Å²) in [6, 6.07) is 5.52.